The van der Waals surface area contributed by atoms with Crippen LogP contribution in [0.2, 0.25) is 0 Å². The van der Waals surface area contributed by atoms with E-state index in [0.717, 1.165) is 30.1 Å². The summed E-state index contributed by atoms with van der Waals surface area (Å²) in [4.78, 5) is 4.51. The van der Waals surface area contributed by atoms with Gasteiger partial charge in [-0.3, -0.25) is 0 Å². The van der Waals surface area contributed by atoms with Crippen molar-refractivity contribution >= 4 is 0 Å². The van der Waals surface area contributed by atoms with Crippen molar-refractivity contribution in [1.29, 1.82) is 0 Å². The first-order valence-electron chi connectivity index (χ1n) is 8.31. The molecular formula is C17H21N5. The van der Waals surface area contributed by atoms with Gasteiger partial charge >= 0.3 is 0 Å². The van der Waals surface area contributed by atoms with Gasteiger partial charge in [-0.25, -0.2) is 9.67 Å². The molecule has 3 fully saturated rings. The predicted molar refractivity (Wildman–Crippen MR) is 83.5 cm³/mol. The van der Waals surface area contributed by atoms with Crippen LogP contribution in [0.5, 0.6) is 0 Å². The van der Waals surface area contributed by atoms with Gasteiger partial charge in [0.05, 0.1) is 0 Å². The first kappa shape index (κ1) is 12.8. The lowest BCUT2D eigenvalue weighted by molar-refractivity contribution is 0.295. The average Bonchev–Trinajstić information content (AvgIpc) is 3.27. The fourth-order valence-corrected chi connectivity index (χ4v) is 4.99. The second kappa shape index (κ2) is 4.89. The van der Waals surface area contributed by atoms with Gasteiger partial charge in [0.15, 0.2) is 5.82 Å². The lowest BCUT2D eigenvalue weighted by Crippen LogP contribution is -2.47. The molecule has 2 saturated carbocycles. The summed E-state index contributed by atoms with van der Waals surface area (Å²) in [6.45, 7) is 2.09. The smallest absolute Gasteiger partial charge is 0.157 e. The highest BCUT2D eigenvalue weighted by molar-refractivity contribution is 5.32. The minimum atomic E-state index is 0.620. The molecule has 5 rings (SSSR count). The predicted octanol–water partition coefficient (Wildman–Crippen LogP) is 1.35. The van der Waals surface area contributed by atoms with Crippen LogP contribution in [0, 0.1) is 17.8 Å². The van der Waals surface area contributed by atoms with E-state index in [9.17, 15) is 0 Å². The molecule has 2 N–H and O–H groups in total. The van der Waals surface area contributed by atoms with Crippen molar-refractivity contribution in [3.05, 3.63) is 42.4 Å². The van der Waals surface area contributed by atoms with Crippen LogP contribution in [0.3, 0.4) is 0 Å². The number of hydrogen-bond donors (Lipinski definition) is 2. The molecule has 0 amide bonds. The average molecular weight is 295 g/mol. The Balaban J connectivity index is 1.35. The minimum Gasteiger partial charge on any atom is -0.312 e. The Morgan fingerprint density at radius 2 is 2.23 bits per heavy atom. The van der Waals surface area contributed by atoms with E-state index in [1.54, 1.807) is 6.20 Å². The summed E-state index contributed by atoms with van der Waals surface area (Å²) in [6.07, 6.45) is 8.40. The number of hydrogen-bond acceptors (Lipinski definition) is 4. The van der Waals surface area contributed by atoms with Crippen molar-refractivity contribution in [3.63, 3.8) is 0 Å². The third-order valence-electron chi connectivity index (χ3n) is 5.87. The molecule has 0 aromatic carbocycles. The van der Waals surface area contributed by atoms with E-state index in [-0.39, 0.29) is 0 Å². The number of nitrogens with zero attached hydrogens (tertiary/aromatic N) is 3. The zero-order valence-corrected chi connectivity index (χ0v) is 12.5. The van der Waals surface area contributed by atoms with E-state index in [4.69, 9.17) is 0 Å². The lowest BCUT2D eigenvalue weighted by Gasteiger charge is -2.29. The monoisotopic (exact) mass is 295 g/mol. The molecule has 5 atom stereocenters. The number of nitrogens with one attached hydrogen (secondary N) is 2. The van der Waals surface area contributed by atoms with Crippen LogP contribution in [0.15, 0.2) is 36.8 Å². The number of pyridine rings is 1. The molecule has 114 valence electrons. The number of fused-ring (bicyclic) bond motifs is 1. The molecule has 0 spiro atoms. The van der Waals surface area contributed by atoms with Crippen molar-refractivity contribution in [1.82, 2.24) is 25.4 Å². The highest BCUT2D eigenvalue weighted by Gasteiger charge is 2.55. The molecule has 2 bridgehead atoms. The van der Waals surface area contributed by atoms with E-state index in [0.29, 0.717) is 12.1 Å². The molecule has 22 heavy (non-hydrogen) atoms. The van der Waals surface area contributed by atoms with Gasteiger partial charge in [0.2, 0.25) is 0 Å². The summed E-state index contributed by atoms with van der Waals surface area (Å²) in [5.74, 6) is 3.66. The van der Waals surface area contributed by atoms with E-state index < -0.39 is 0 Å². The Hall–Kier alpha value is -1.72. The Bertz CT molecular complexity index is 665. The topological polar surface area (TPSA) is 54.8 Å². The van der Waals surface area contributed by atoms with Crippen LogP contribution < -0.4 is 10.6 Å². The van der Waals surface area contributed by atoms with Gasteiger partial charge in [0, 0.05) is 42.8 Å². The summed E-state index contributed by atoms with van der Waals surface area (Å²) in [6, 6.07) is 7.40. The van der Waals surface area contributed by atoms with Gasteiger partial charge in [-0.05, 0) is 49.3 Å². The normalized spacial score (nSPS) is 35.4. The second-order valence-corrected chi connectivity index (χ2v) is 6.93. The minimum absolute atomic E-state index is 0.620. The van der Waals surface area contributed by atoms with Gasteiger partial charge in [-0.15, -0.1) is 0 Å². The van der Waals surface area contributed by atoms with Crippen molar-refractivity contribution in [2.75, 3.05) is 6.54 Å². The Morgan fingerprint density at radius 1 is 1.23 bits per heavy atom. The van der Waals surface area contributed by atoms with Crippen molar-refractivity contribution < 1.29 is 0 Å². The molecule has 2 aromatic heterocycles. The van der Waals surface area contributed by atoms with E-state index in [1.807, 2.05) is 29.2 Å². The summed E-state index contributed by atoms with van der Waals surface area (Å²) in [5, 5.41) is 11.9. The third-order valence-corrected chi connectivity index (χ3v) is 5.87. The SMILES string of the molecule is c1cnc(-n2cccn2)c(CNC2C3CC4CNC2C4C3)c1. The molecule has 1 saturated heterocycles. The summed E-state index contributed by atoms with van der Waals surface area (Å²) in [7, 11) is 0. The molecule has 0 radical (unpaired) electrons. The van der Waals surface area contributed by atoms with Crippen LogP contribution in [-0.2, 0) is 6.54 Å². The third kappa shape index (κ3) is 1.85. The first-order chi connectivity index (χ1) is 10.9. The molecule has 3 heterocycles. The Labute approximate surface area is 130 Å². The van der Waals surface area contributed by atoms with E-state index in [1.165, 1.54) is 24.9 Å². The van der Waals surface area contributed by atoms with E-state index >= 15 is 0 Å². The van der Waals surface area contributed by atoms with Crippen molar-refractivity contribution in [3.8, 4) is 5.82 Å². The molecule has 5 nitrogen and oxygen atoms in total. The van der Waals surface area contributed by atoms with Gasteiger partial charge in [-0.1, -0.05) is 6.07 Å². The second-order valence-electron chi connectivity index (χ2n) is 6.93. The van der Waals surface area contributed by atoms with Gasteiger partial charge in [-0.2, -0.15) is 5.10 Å². The van der Waals surface area contributed by atoms with Crippen LogP contribution in [-0.4, -0.2) is 33.4 Å². The highest BCUT2D eigenvalue weighted by Crippen LogP contribution is 2.51. The molecule has 2 aliphatic carbocycles. The molecule has 1 aliphatic heterocycles. The lowest BCUT2D eigenvalue weighted by atomic mass is 9.86. The Kier molecular flexibility index (Phi) is 2.85. The number of aromatic nitrogens is 3. The molecule has 5 unspecified atom stereocenters. The summed E-state index contributed by atoms with van der Waals surface area (Å²) < 4.78 is 1.85. The van der Waals surface area contributed by atoms with E-state index in [2.05, 4.69) is 26.8 Å². The maximum Gasteiger partial charge on any atom is 0.157 e. The standard InChI is InChI=1S/C17H21N5/c1-3-11(17(18-4-1)22-6-2-5-21-22)9-19-15-12-7-13-10-20-16(15)14(13)8-12/h1-6,12-16,19-20H,7-10H2. The molecule has 2 aromatic rings. The van der Waals surface area contributed by atoms with Gasteiger partial charge < -0.3 is 10.6 Å². The summed E-state index contributed by atoms with van der Waals surface area (Å²) >= 11 is 0. The van der Waals surface area contributed by atoms with Crippen LogP contribution in [0.4, 0.5) is 0 Å². The van der Waals surface area contributed by atoms with Crippen LogP contribution in [0.1, 0.15) is 18.4 Å². The Morgan fingerprint density at radius 3 is 3.14 bits per heavy atom. The van der Waals surface area contributed by atoms with Crippen LogP contribution >= 0.6 is 0 Å². The maximum atomic E-state index is 4.51. The van der Waals surface area contributed by atoms with Crippen LogP contribution in [0.25, 0.3) is 5.82 Å². The molecular weight excluding hydrogens is 274 g/mol. The van der Waals surface area contributed by atoms with Crippen molar-refractivity contribution in [2.45, 2.75) is 31.5 Å². The fraction of sp³-hybridized carbons (Fsp3) is 0.529. The zero-order chi connectivity index (χ0) is 14.5. The number of rotatable bonds is 4. The molecule has 3 aliphatic rings. The van der Waals surface area contributed by atoms with Crippen molar-refractivity contribution in [2.24, 2.45) is 17.8 Å². The highest BCUT2D eigenvalue weighted by atomic mass is 15.3. The zero-order valence-electron chi connectivity index (χ0n) is 12.5. The molecule has 5 heteroatoms. The largest absolute Gasteiger partial charge is 0.312 e. The van der Waals surface area contributed by atoms with Gasteiger partial charge in [0.1, 0.15) is 0 Å². The van der Waals surface area contributed by atoms with Gasteiger partial charge in [0.25, 0.3) is 0 Å². The first-order valence-corrected chi connectivity index (χ1v) is 8.31. The fourth-order valence-electron chi connectivity index (χ4n) is 4.99. The quantitative estimate of drug-likeness (QED) is 0.894. The summed E-state index contributed by atoms with van der Waals surface area (Å²) in [5.41, 5.74) is 1.21. The maximum absolute atomic E-state index is 4.51.